The summed E-state index contributed by atoms with van der Waals surface area (Å²) in [6, 6.07) is 11.6. The van der Waals surface area contributed by atoms with Gasteiger partial charge in [-0.15, -0.1) is 11.3 Å². The van der Waals surface area contributed by atoms with E-state index in [1.807, 2.05) is 24.3 Å². The number of carbonyl (C=O) groups excluding carboxylic acids is 2. The molecule has 1 fully saturated rings. The fourth-order valence-corrected chi connectivity index (χ4v) is 7.64. The predicted octanol–water partition coefficient (Wildman–Crippen LogP) is 4.56. The maximum absolute atomic E-state index is 13.4. The molecular weight excluding hydrogens is 577 g/mol. The van der Waals surface area contributed by atoms with Crippen LogP contribution in [0.2, 0.25) is 5.02 Å². The maximum Gasteiger partial charge on any atom is 0.262 e. The van der Waals surface area contributed by atoms with Crippen molar-refractivity contribution >= 4 is 54.9 Å². The first-order chi connectivity index (χ1) is 19.0. The molecule has 0 radical (unpaired) electrons. The molecule has 12 heteroatoms. The molecule has 8 nitrogen and oxygen atoms in total. The highest BCUT2D eigenvalue weighted by Crippen LogP contribution is 2.29. The zero-order chi connectivity index (χ0) is 28.9. The Bertz CT molecular complexity index is 1430. The molecule has 0 spiro atoms. The highest BCUT2D eigenvalue weighted by atomic mass is 35.5. The van der Waals surface area contributed by atoms with Crippen molar-refractivity contribution in [2.45, 2.75) is 55.6 Å². The van der Waals surface area contributed by atoms with Crippen LogP contribution in [0.1, 0.15) is 48.2 Å². The zero-order valence-electron chi connectivity index (χ0n) is 22.1. The van der Waals surface area contributed by atoms with E-state index in [4.69, 9.17) is 11.6 Å². The molecule has 216 valence electrons. The van der Waals surface area contributed by atoms with Crippen LogP contribution in [0.5, 0.6) is 0 Å². The summed E-state index contributed by atoms with van der Waals surface area (Å²) >= 11 is 7.28. The summed E-state index contributed by atoms with van der Waals surface area (Å²) in [6.07, 6.45) is 4.54. The lowest BCUT2D eigenvalue weighted by molar-refractivity contribution is -0.124. The quantitative estimate of drug-likeness (QED) is 0.295. The number of nitrogens with one attached hydrogen (secondary N) is 2. The van der Waals surface area contributed by atoms with Crippen LogP contribution in [-0.2, 0) is 14.8 Å². The molecule has 1 aromatic heterocycles. The molecule has 40 heavy (non-hydrogen) atoms. The standard InChI is InChI=1S/C28H33ClFN3O5S2/c1-33(40(37,38)26-12-11-20(30)15-22(26)29)17-21(34)16-31-27(35)23(13-18-7-3-2-4-8-18)32-28(36)25-14-19-9-5-6-10-24(19)39-25/h5-6,9-12,14-15,18,21,23,34H,2-4,7-8,13,16-17H2,1H3,(H,31,35)(H,32,36)/t21-,23+/m1/s1. The first kappa shape index (κ1) is 30.4. The Kier molecular flexibility index (Phi) is 10.2. The first-order valence-corrected chi connectivity index (χ1v) is 15.8. The Morgan fingerprint density at radius 1 is 1.15 bits per heavy atom. The zero-order valence-corrected chi connectivity index (χ0v) is 24.5. The summed E-state index contributed by atoms with van der Waals surface area (Å²) in [7, 11) is -2.85. The summed E-state index contributed by atoms with van der Waals surface area (Å²) in [5.41, 5.74) is 0. The normalized spacial score (nSPS) is 16.1. The van der Waals surface area contributed by atoms with E-state index in [0.29, 0.717) is 17.2 Å². The van der Waals surface area contributed by atoms with Crippen molar-refractivity contribution in [2.24, 2.45) is 5.92 Å². The molecule has 1 heterocycles. The summed E-state index contributed by atoms with van der Waals surface area (Å²) in [4.78, 5) is 26.6. The number of aliphatic hydroxyl groups is 1. The molecular formula is C28H33ClFN3O5S2. The van der Waals surface area contributed by atoms with E-state index in [1.165, 1.54) is 18.4 Å². The number of halogens is 2. The lowest BCUT2D eigenvalue weighted by Gasteiger charge is -2.27. The van der Waals surface area contributed by atoms with Gasteiger partial charge in [0.1, 0.15) is 16.8 Å². The molecule has 4 rings (SSSR count). The molecule has 2 atom stereocenters. The second-order valence-corrected chi connectivity index (χ2v) is 13.7. The van der Waals surface area contributed by atoms with E-state index in [-0.39, 0.29) is 28.9 Å². The topological polar surface area (TPSA) is 116 Å². The molecule has 0 aliphatic heterocycles. The average Bonchev–Trinajstić information content (AvgIpc) is 3.36. The number of nitrogens with zero attached hydrogens (tertiary/aromatic N) is 1. The van der Waals surface area contributed by atoms with Gasteiger partial charge in [-0.1, -0.05) is 61.9 Å². The van der Waals surface area contributed by atoms with Gasteiger partial charge >= 0.3 is 0 Å². The molecule has 2 aromatic carbocycles. The van der Waals surface area contributed by atoms with E-state index in [1.54, 1.807) is 6.07 Å². The van der Waals surface area contributed by atoms with Gasteiger partial charge in [-0.2, -0.15) is 4.31 Å². The van der Waals surface area contributed by atoms with Crippen LogP contribution in [0, 0.1) is 11.7 Å². The van der Waals surface area contributed by atoms with E-state index < -0.39 is 33.9 Å². The van der Waals surface area contributed by atoms with Crippen LogP contribution in [0.3, 0.4) is 0 Å². The lowest BCUT2D eigenvalue weighted by Crippen LogP contribution is -2.50. The van der Waals surface area contributed by atoms with Crippen molar-refractivity contribution in [3.8, 4) is 0 Å². The average molecular weight is 610 g/mol. The van der Waals surface area contributed by atoms with Gasteiger partial charge in [-0.3, -0.25) is 9.59 Å². The number of benzene rings is 2. The summed E-state index contributed by atoms with van der Waals surface area (Å²) < 4.78 is 41.0. The number of sulfonamides is 1. The van der Waals surface area contributed by atoms with Gasteiger partial charge in [0.2, 0.25) is 15.9 Å². The number of rotatable bonds is 11. The third-order valence-electron chi connectivity index (χ3n) is 7.13. The Morgan fingerprint density at radius 2 is 1.88 bits per heavy atom. The molecule has 0 unspecified atom stereocenters. The van der Waals surface area contributed by atoms with Gasteiger partial charge in [0.15, 0.2) is 0 Å². The number of thiophene rings is 1. The third kappa shape index (κ3) is 7.58. The highest BCUT2D eigenvalue weighted by molar-refractivity contribution is 7.89. The van der Waals surface area contributed by atoms with Gasteiger partial charge in [0, 0.05) is 24.8 Å². The Morgan fingerprint density at radius 3 is 2.58 bits per heavy atom. The number of likely N-dealkylation sites (N-methyl/N-ethyl adjacent to an activating group) is 1. The maximum atomic E-state index is 13.4. The lowest BCUT2D eigenvalue weighted by atomic mass is 9.84. The number of hydrogen-bond donors (Lipinski definition) is 3. The van der Waals surface area contributed by atoms with Crippen LogP contribution >= 0.6 is 22.9 Å². The fourth-order valence-electron chi connectivity index (χ4n) is 4.96. The van der Waals surface area contributed by atoms with Crippen molar-refractivity contribution in [1.82, 2.24) is 14.9 Å². The van der Waals surface area contributed by atoms with Crippen molar-refractivity contribution in [1.29, 1.82) is 0 Å². The molecule has 2 amide bonds. The molecule has 3 aromatic rings. The largest absolute Gasteiger partial charge is 0.390 e. The van der Waals surface area contributed by atoms with Gasteiger partial charge in [-0.05, 0) is 48.1 Å². The van der Waals surface area contributed by atoms with E-state index in [9.17, 15) is 27.5 Å². The van der Waals surface area contributed by atoms with Crippen LogP contribution in [-0.4, -0.2) is 61.9 Å². The fraction of sp³-hybridized carbons (Fsp3) is 0.429. The van der Waals surface area contributed by atoms with Crippen molar-refractivity contribution in [2.75, 3.05) is 20.1 Å². The van der Waals surface area contributed by atoms with E-state index >= 15 is 0 Å². The summed E-state index contributed by atoms with van der Waals surface area (Å²) in [6.45, 7) is -0.562. The summed E-state index contributed by atoms with van der Waals surface area (Å²) in [5.74, 6) is -1.14. The number of fused-ring (bicyclic) bond motifs is 1. The van der Waals surface area contributed by atoms with Crippen LogP contribution < -0.4 is 10.6 Å². The van der Waals surface area contributed by atoms with Crippen LogP contribution in [0.4, 0.5) is 4.39 Å². The van der Waals surface area contributed by atoms with Gasteiger partial charge in [0.25, 0.3) is 5.91 Å². The molecule has 1 aliphatic carbocycles. The van der Waals surface area contributed by atoms with Crippen molar-refractivity contribution in [3.05, 3.63) is 64.2 Å². The Labute approximate surface area is 242 Å². The minimum absolute atomic E-state index is 0.226. The second kappa shape index (κ2) is 13.4. The van der Waals surface area contributed by atoms with Crippen molar-refractivity contribution in [3.63, 3.8) is 0 Å². The predicted molar refractivity (Wildman–Crippen MR) is 155 cm³/mol. The van der Waals surface area contributed by atoms with E-state index in [0.717, 1.165) is 64.7 Å². The van der Waals surface area contributed by atoms with Gasteiger partial charge < -0.3 is 15.7 Å². The number of carbonyl (C=O) groups is 2. The monoisotopic (exact) mass is 609 g/mol. The molecule has 3 N–H and O–H groups in total. The smallest absolute Gasteiger partial charge is 0.262 e. The van der Waals surface area contributed by atoms with E-state index in [2.05, 4.69) is 10.6 Å². The Hall–Kier alpha value is -2.57. The third-order valence-corrected chi connectivity index (χ3v) is 10.5. The summed E-state index contributed by atoms with van der Waals surface area (Å²) in [5, 5.41) is 16.8. The number of amides is 2. The number of hydrogen-bond acceptors (Lipinski definition) is 6. The minimum atomic E-state index is -4.11. The number of aliphatic hydroxyl groups excluding tert-OH is 1. The molecule has 0 saturated heterocycles. The second-order valence-electron chi connectivity index (χ2n) is 10.2. The van der Waals surface area contributed by atoms with Crippen LogP contribution in [0.15, 0.2) is 53.4 Å². The molecule has 0 bridgehead atoms. The molecule has 1 saturated carbocycles. The van der Waals surface area contributed by atoms with Gasteiger partial charge in [-0.25, -0.2) is 12.8 Å². The minimum Gasteiger partial charge on any atom is -0.390 e. The van der Waals surface area contributed by atoms with Gasteiger partial charge in [0.05, 0.1) is 16.0 Å². The highest BCUT2D eigenvalue weighted by Gasteiger charge is 2.29. The Balaban J connectivity index is 1.39. The van der Waals surface area contributed by atoms with Crippen molar-refractivity contribution < 1.29 is 27.5 Å². The molecule has 1 aliphatic rings. The van der Waals surface area contributed by atoms with Crippen LogP contribution in [0.25, 0.3) is 10.1 Å². The SMILES string of the molecule is CN(C[C@H](O)CNC(=O)[C@H](CC1CCCCC1)NC(=O)c1cc2ccccc2s1)S(=O)(=O)c1ccc(F)cc1Cl. The first-order valence-electron chi connectivity index (χ1n) is 13.2.